The molecule has 0 aliphatic rings. The van der Waals surface area contributed by atoms with E-state index in [1.54, 1.807) is 55.1 Å². The highest BCUT2D eigenvalue weighted by atomic mass is 79.9. The molecular weight excluding hydrogens is 336 g/mol. The van der Waals surface area contributed by atoms with Crippen molar-refractivity contribution in [3.8, 4) is 0 Å². The van der Waals surface area contributed by atoms with Crippen molar-refractivity contribution in [2.24, 2.45) is 7.05 Å². The van der Waals surface area contributed by atoms with E-state index in [-0.39, 0.29) is 5.91 Å². The van der Waals surface area contributed by atoms with Crippen LogP contribution >= 0.6 is 15.9 Å². The molecule has 0 spiro atoms. The zero-order chi connectivity index (χ0) is 15.4. The van der Waals surface area contributed by atoms with Gasteiger partial charge >= 0.3 is 5.97 Å². The molecule has 0 bridgehead atoms. The average molecular weight is 351 g/mol. The van der Waals surface area contributed by atoms with E-state index in [2.05, 4.69) is 21.2 Å². The number of aromatic nitrogens is 1. The number of anilines is 1. The highest BCUT2D eigenvalue weighted by Crippen LogP contribution is 2.17. The number of esters is 1. The lowest BCUT2D eigenvalue weighted by atomic mass is 10.2. The van der Waals surface area contributed by atoms with Crippen LogP contribution in [0.4, 0.5) is 5.69 Å². The van der Waals surface area contributed by atoms with E-state index in [1.165, 1.54) is 0 Å². The number of benzene rings is 1. The third kappa shape index (κ3) is 3.72. The smallest absolute Gasteiger partial charge is 0.338 e. The van der Waals surface area contributed by atoms with Gasteiger partial charge in [0.1, 0.15) is 5.69 Å². The first kappa shape index (κ1) is 15.3. The van der Waals surface area contributed by atoms with Crippen LogP contribution < -0.4 is 5.32 Å². The van der Waals surface area contributed by atoms with Crippen LogP contribution in [0.3, 0.4) is 0 Å². The van der Waals surface area contributed by atoms with Crippen molar-refractivity contribution in [1.82, 2.24) is 4.57 Å². The van der Waals surface area contributed by atoms with Crippen molar-refractivity contribution in [3.05, 3.63) is 52.3 Å². The number of nitrogens with one attached hydrogen (secondary N) is 1. The zero-order valence-electron chi connectivity index (χ0n) is 11.7. The molecule has 2 rings (SSSR count). The fourth-order valence-corrected chi connectivity index (χ4v) is 2.41. The molecule has 0 saturated heterocycles. The summed E-state index contributed by atoms with van der Waals surface area (Å²) in [7, 11) is 1.79. The molecule has 110 valence electrons. The van der Waals surface area contributed by atoms with Gasteiger partial charge in [-0.1, -0.05) is 6.07 Å². The van der Waals surface area contributed by atoms with E-state index < -0.39 is 5.97 Å². The van der Waals surface area contributed by atoms with E-state index in [0.29, 0.717) is 23.6 Å². The van der Waals surface area contributed by atoms with Gasteiger partial charge in [0.2, 0.25) is 0 Å². The number of amides is 1. The van der Waals surface area contributed by atoms with Gasteiger partial charge in [-0.05, 0) is 47.1 Å². The molecule has 1 heterocycles. The van der Waals surface area contributed by atoms with Crippen molar-refractivity contribution in [3.63, 3.8) is 0 Å². The first-order valence-corrected chi connectivity index (χ1v) is 7.21. The predicted molar refractivity (Wildman–Crippen MR) is 83.5 cm³/mol. The standard InChI is InChI=1S/C15H15BrN2O3/c1-3-21-15(20)10-5-4-6-12(7-10)17-14(19)13-8-11(16)9-18(13)2/h4-9H,3H2,1-2H3,(H,17,19). The Kier molecular flexibility index (Phi) is 4.80. The third-order valence-corrected chi connectivity index (χ3v) is 3.27. The summed E-state index contributed by atoms with van der Waals surface area (Å²) in [5.74, 6) is -0.653. The normalized spacial score (nSPS) is 10.2. The predicted octanol–water partition coefficient (Wildman–Crippen LogP) is 3.22. The minimum absolute atomic E-state index is 0.246. The Morgan fingerprint density at radius 2 is 2.10 bits per heavy atom. The van der Waals surface area contributed by atoms with Gasteiger partial charge in [-0.2, -0.15) is 0 Å². The second kappa shape index (κ2) is 6.58. The third-order valence-electron chi connectivity index (χ3n) is 2.84. The van der Waals surface area contributed by atoms with Gasteiger partial charge in [0, 0.05) is 23.4 Å². The second-order valence-electron chi connectivity index (χ2n) is 4.41. The number of aryl methyl sites for hydroxylation is 1. The lowest BCUT2D eigenvalue weighted by Gasteiger charge is -2.08. The van der Waals surface area contributed by atoms with E-state index in [1.807, 2.05) is 0 Å². The summed E-state index contributed by atoms with van der Waals surface area (Å²) in [6.07, 6.45) is 1.80. The molecule has 1 N–H and O–H groups in total. The van der Waals surface area contributed by atoms with Crippen LogP contribution in [0.1, 0.15) is 27.8 Å². The molecule has 6 heteroatoms. The molecule has 0 unspecified atom stereocenters. The van der Waals surface area contributed by atoms with Crippen LogP contribution in [-0.4, -0.2) is 23.1 Å². The SMILES string of the molecule is CCOC(=O)c1cccc(NC(=O)c2cc(Br)cn2C)c1. The molecule has 0 atom stereocenters. The molecule has 0 aliphatic heterocycles. The molecule has 0 aliphatic carbocycles. The summed E-state index contributed by atoms with van der Waals surface area (Å²) in [6, 6.07) is 8.38. The minimum Gasteiger partial charge on any atom is -0.462 e. The highest BCUT2D eigenvalue weighted by molar-refractivity contribution is 9.10. The Morgan fingerprint density at radius 1 is 1.33 bits per heavy atom. The number of nitrogens with zero attached hydrogens (tertiary/aromatic N) is 1. The van der Waals surface area contributed by atoms with E-state index >= 15 is 0 Å². The minimum atomic E-state index is -0.407. The molecule has 1 aromatic carbocycles. The van der Waals surface area contributed by atoms with Crippen LogP contribution in [0.5, 0.6) is 0 Å². The van der Waals surface area contributed by atoms with Crippen molar-refractivity contribution in [1.29, 1.82) is 0 Å². The van der Waals surface area contributed by atoms with E-state index in [0.717, 1.165) is 4.47 Å². The number of ether oxygens (including phenoxy) is 1. The van der Waals surface area contributed by atoms with Gasteiger partial charge in [0.15, 0.2) is 0 Å². The summed E-state index contributed by atoms with van der Waals surface area (Å²) in [4.78, 5) is 23.9. The number of hydrogen-bond donors (Lipinski definition) is 1. The summed E-state index contributed by atoms with van der Waals surface area (Å²) in [5, 5.41) is 2.76. The van der Waals surface area contributed by atoms with Crippen LogP contribution in [0.2, 0.25) is 0 Å². The van der Waals surface area contributed by atoms with Crippen LogP contribution in [0.15, 0.2) is 41.0 Å². The quantitative estimate of drug-likeness (QED) is 0.861. The number of rotatable bonds is 4. The molecule has 5 nitrogen and oxygen atoms in total. The molecule has 0 radical (unpaired) electrons. The van der Waals surface area contributed by atoms with Crippen LogP contribution in [0, 0.1) is 0 Å². The van der Waals surface area contributed by atoms with Crippen molar-refractivity contribution < 1.29 is 14.3 Å². The first-order chi connectivity index (χ1) is 10.0. The van der Waals surface area contributed by atoms with Crippen molar-refractivity contribution in [2.75, 3.05) is 11.9 Å². The Labute approximate surface area is 131 Å². The fraction of sp³-hybridized carbons (Fsp3) is 0.200. The first-order valence-electron chi connectivity index (χ1n) is 6.41. The summed E-state index contributed by atoms with van der Waals surface area (Å²) in [6.45, 7) is 2.06. The maximum Gasteiger partial charge on any atom is 0.338 e. The fourth-order valence-electron chi connectivity index (χ4n) is 1.88. The van der Waals surface area contributed by atoms with Crippen molar-refractivity contribution >= 4 is 33.5 Å². The summed E-state index contributed by atoms with van der Waals surface area (Å²) in [5.41, 5.74) is 1.47. The Balaban J connectivity index is 2.16. The molecule has 2 aromatic rings. The Hall–Kier alpha value is -2.08. The van der Waals surface area contributed by atoms with Gasteiger partial charge in [-0.15, -0.1) is 0 Å². The van der Waals surface area contributed by atoms with Gasteiger partial charge in [-0.3, -0.25) is 4.79 Å². The van der Waals surface area contributed by atoms with Crippen LogP contribution in [-0.2, 0) is 11.8 Å². The summed E-state index contributed by atoms with van der Waals surface area (Å²) >= 11 is 3.32. The van der Waals surface area contributed by atoms with Gasteiger partial charge in [0.05, 0.1) is 12.2 Å². The van der Waals surface area contributed by atoms with E-state index in [4.69, 9.17) is 4.74 Å². The number of halogens is 1. The number of carbonyl (C=O) groups is 2. The number of hydrogen-bond acceptors (Lipinski definition) is 3. The maximum atomic E-state index is 12.2. The summed E-state index contributed by atoms with van der Waals surface area (Å²) < 4.78 is 7.48. The Bertz CT molecular complexity index is 679. The topological polar surface area (TPSA) is 60.3 Å². The monoisotopic (exact) mass is 350 g/mol. The van der Waals surface area contributed by atoms with Gasteiger partial charge < -0.3 is 14.6 Å². The molecule has 1 amide bonds. The van der Waals surface area contributed by atoms with Crippen molar-refractivity contribution in [2.45, 2.75) is 6.92 Å². The van der Waals surface area contributed by atoms with Crippen LogP contribution in [0.25, 0.3) is 0 Å². The largest absolute Gasteiger partial charge is 0.462 e. The molecule has 21 heavy (non-hydrogen) atoms. The Morgan fingerprint density at radius 3 is 2.71 bits per heavy atom. The maximum absolute atomic E-state index is 12.2. The van der Waals surface area contributed by atoms with Gasteiger partial charge in [0.25, 0.3) is 5.91 Å². The zero-order valence-corrected chi connectivity index (χ0v) is 13.3. The molecule has 1 aromatic heterocycles. The second-order valence-corrected chi connectivity index (χ2v) is 5.33. The molecule has 0 fully saturated rings. The molecule has 0 saturated carbocycles. The van der Waals surface area contributed by atoms with Gasteiger partial charge in [-0.25, -0.2) is 4.79 Å². The highest BCUT2D eigenvalue weighted by Gasteiger charge is 2.12. The average Bonchev–Trinajstić information content (AvgIpc) is 2.78. The number of carbonyl (C=O) groups excluding carboxylic acids is 2. The lowest BCUT2D eigenvalue weighted by Crippen LogP contribution is -2.15. The van der Waals surface area contributed by atoms with E-state index in [9.17, 15) is 9.59 Å². The lowest BCUT2D eigenvalue weighted by molar-refractivity contribution is 0.0526. The molecular formula is C15H15BrN2O3.